The summed E-state index contributed by atoms with van der Waals surface area (Å²) < 4.78 is 9.74. The van der Waals surface area contributed by atoms with Crippen LogP contribution < -0.4 is 20.9 Å². The first-order valence-electron chi connectivity index (χ1n) is 11.3. The van der Waals surface area contributed by atoms with Gasteiger partial charge >= 0.3 is 14.0 Å². The lowest BCUT2D eigenvalue weighted by molar-refractivity contribution is -0.135. The van der Waals surface area contributed by atoms with Crippen LogP contribution in [0.15, 0.2) is 48.9 Å². The monoisotopic (exact) mass is 487 g/mol. The average Bonchev–Trinajstić information content (AvgIpc) is 2.93. The van der Waals surface area contributed by atoms with Crippen LogP contribution in [0.25, 0.3) is 11.3 Å². The van der Waals surface area contributed by atoms with Gasteiger partial charge in [0.25, 0.3) is 5.91 Å². The van der Waals surface area contributed by atoms with Crippen molar-refractivity contribution in [2.45, 2.75) is 13.0 Å². The van der Waals surface area contributed by atoms with Gasteiger partial charge in [0.15, 0.2) is 11.5 Å². The molecule has 1 aliphatic rings. The van der Waals surface area contributed by atoms with E-state index in [0.717, 1.165) is 16.9 Å². The fourth-order valence-electron chi connectivity index (χ4n) is 3.80. The maximum Gasteiger partial charge on any atom is 0.378 e. The normalized spacial score (nSPS) is 14.1. The molecule has 4 rings (SSSR count). The Kier molecular flexibility index (Phi) is 7.64. The molecular formula is C24H26BN7O4. The number of carbonyl (C=O) groups is 2. The van der Waals surface area contributed by atoms with E-state index in [1.807, 2.05) is 30.3 Å². The molecule has 0 bridgehead atoms. The predicted octanol–water partition coefficient (Wildman–Crippen LogP) is 1.66. The smallest absolute Gasteiger partial charge is 0.378 e. The highest BCUT2D eigenvalue weighted by Gasteiger charge is 2.21. The second-order valence-electron chi connectivity index (χ2n) is 8.21. The number of benzene rings is 1. The number of aromatic nitrogens is 3. The number of pyridine rings is 1. The van der Waals surface area contributed by atoms with Crippen LogP contribution in [0.1, 0.15) is 17.4 Å². The first kappa shape index (κ1) is 24.9. The lowest BCUT2D eigenvalue weighted by Crippen LogP contribution is -2.36. The molecule has 3 aromatic rings. The Morgan fingerprint density at radius 2 is 1.92 bits per heavy atom. The standard InChI is InChI=1S/C24H26BN7O4/c1-15(24(34)36-25)31(2)17-5-3-16(4-6-17)18-14-28-22(26)21(29-18)23(33)30-19-13-27-8-7-20(19)32-9-11-35-12-10-32/h3-8,13-15H,9-12H2,1-2H3,(H2,26,28)(H,30,33)/t15-/m1/s1. The van der Waals surface area contributed by atoms with Crippen molar-refractivity contribution in [3.05, 3.63) is 54.6 Å². The number of hydrogen-bond donors (Lipinski definition) is 2. The molecule has 2 aromatic heterocycles. The maximum atomic E-state index is 13.1. The van der Waals surface area contributed by atoms with Crippen LogP contribution in [0.2, 0.25) is 0 Å². The molecule has 36 heavy (non-hydrogen) atoms. The highest BCUT2D eigenvalue weighted by molar-refractivity contribution is 6.07. The molecular weight excluding hydrogens is 461 g/mol. The van der Waals surface area contributed by atoms with Crippen LogP contribution in [0.3, 0.4) is 0 Å². The van der Waals surface area contributed by atoms with Gasteiger partial charge in [-0.25, -0.2) is 9.97 Å². The predicted molar refractivity (Wildman–Crippen MR) is 137 cm³/mol. The fourth-order valence-corrected chi connectivity index (χ4v) is 3.80. The molecule has 1 aliphatic heterocycles. The Labute approximate surface area is 210 Å². The zero-order valence-electron chi connectivity index (χ0n) is 20.0. The van der Waals surface area contributed by atoms with Crippen molar-refractivity contribution in [3.63, 3.8) is 0 Å². The molecule has 2 radical (unpaired) electrons. The number of nitrogen functional groups attached to an aromatic ring is 1. The van der Waals surface area contributed by atoms with E-state index >= 15 is 0 Å². The van der Waals surface area contributed by atoms with Crippen molar-refractivity contribution in [2.24, 2.45) is 0 Å². The zero-order chi connectivity index (χ0) is 25.7. The van der Waals surface area contributed by atoms with E-state index in [-0.39, 0.29) is 11.5 Å². The number of nitrogens with two attached hydrogens (primary N) is 1. The highest BCUT2D eigenvalue weighted by atomic mass is 16.5. The highest BCUT2D eigenvalue weighted by Crippen LogP contribution is 2.27. The Hall–Kier alpha value is -4.19. The minimum Gasteiger partial charge on any atom is -0.542 e. The van der Waals surface area contributed by atoms with Gasteiger partial charge < -0.3 is 30.2 Å². The number of rotatable bonds is 7. The molecule has 1 fully saturated rings. The first-order valence-corrected chi connectivity index (χ1v) is 11.3. The largest absolute Gasteiger partial charge is 0.542 e. The average molecular weight is 487 g/mol. The van der Waals surface area contributed by atoms with Crippen LogP contribution in [0.4, 0.5) is 22.9 Å². The molecule has 1 aromatic carbocycles. The molecule has 184 valence electrons. The lowest BCUT2D eigenvalue weighted by Gasteiger charge is -2.30. The van der Waals surface area contributed by atoms with Gasteiger partial charge in [0.2, 0.25) is 0 Å². The summed E-state index contributed by atoms with van der Waals surface area (Å²) in [5.74, 6) is -1.03. The van der Waals surface area contributed by atoms with Gasteiger partial charge in [-0.1, -0.05) is 12.1 Å². The Bertz CT molecular complexity index is 1240. The van der Waals surface area contributed by atoms with Crippen molar-refractivity contribution >= 4 is 42.8 Å². The third kappa shape index (κ3) is 5.38. The van der Waals surface area contributed by atoms with Gasteiger partial charge in [-0.15, -0.1) is 0 Å². The van der Waals surface area contributed by atoms with E-state index in [4.69, 9.17) is 18.5 Å². The summed E-state index contributed by atoms with van der Waals surface area (Å²) >= 11 is 0. The number of likely N-dealkylation sites (N-methyl/N-ethyl adjacent to an activating group) is 1. The third-order valence-electron chi connectivity index (χ3n) is 6.02. The summed E-state index contributed by atoms with van der Waals surface area (Å²) in [4.78, 5) is 41.5. The summed E-state index contributed by atoms with van der Waals surface area (Å²) in [5, 5.41) is 2.87. The van der Waals surface area contributed by atoms with Crippen LogP contribution in [-0.4, -0.2) is 74.3 Å². The molecule has 0 aliphatic carbocycles. The number of nitrogens with one attached hydrogen (secondary N) is 1. The van der Waals surface area contributed by atoms with E-state index in [1.54, 1.807) is 31.3 Å². The molecule has 0 unspecified atom stereocenters. The number of carbonyl (C=O) groups excluding carboxylic acids is 2. The quantitative estimate of drug-likeness (QED) is 0.474. The van der Waals surface area contributed by atoms with Crippen molar-refractivity contribution in [1.82, 2.24) is 15.0 Å². The van der Waals surface area contributed by atoms with Crippen LogP contribution >= 0.6 is 0 Å². The molecule has 0 spiro atoms. The molecule has 1 amide bonds. The first-order chi connectivity index (χ1) is 17.4. The zero-order valence-corrected chi connectivity index (χ0v) is 20.0. The number of amides is 1. The third-order valence-corrected chi connectivity index (χ3v) is 6.02. The summed E-state index contributed by atoms with van der Waals surface area (Å²) in [6.45, 7) is 4.33. The molecule has 0 saturated carbocycles. The minimum atomic E-state index is -0.567. The van der Waals surface area contributed by atoms with Gasteiger partial charge in [-0.3, -0.25) is 14.6 Å². The number of morpholine rings is 1. The summed E-state index contributed by atoms with van der Waals surface area (Å²) in [6, 6.07) is 8.54. The van der Waals surface area contributed by atoms with Gasteiger partial charge in [-0.05, 0) is 25.1 Å². The minimum absolute atomic E-state index is 0.00443. The van der Waals surface area contributed by atoms with Gasteiger partial charge in [-0.2, -0.15) is 0 Å². The summed E-state index contributed by atoms with van der Waals surface area (Å²) in [7, 11) is 6.74. The maximum absolute atomic E-state index is 13.1. The van der Waals surface area contributed by atoms with Crippen molar-refractivity contribution < 1.29 is 19.0 Å². The van der Waals surface area contributed by atoms with E-state index in [9.17, 15) is 9.59 Å². The molecule has 3 heterocycles. The molecule has 11 nitrogen and oxygen atoms in total. The summed E-state index contributed by atoms with van der Waals surface area (Å²) in [5.41, 5.74) is 9.36. The number of anilines is 4. The fraction of sp³-hybridized carbons (Fsp3) is 0.292. The second-order valence-corrected chi connectivity index (χ2v) is 8.21. The number of nitrogens with zero attached hydrogens (tertiary/aromatic N) is 5. The number of hydrogen-bond acceptors (Lipinski definition) is 10. The Morgan fingerprint density at radius 1 is 1.19 bits per heavy atom. The molecule has 12 heteroatoms. The van der Waals surface area contributed by atoms with Gasteiger partial charge in [0, 0.05) is 37.6 Å². The molecule has 3 N–H and O–H groups in total. The lowest BCUT2D eigenvalue weighted by atomic mass is 10.1. The van der Waals surface area contributed by atoms with Crippen LogP contribution in [0, 0.1) is 0 Å². The van der Waals surface area contributed by atoms with Crippen LogP contribution in [0.5, 0.6) is 0 Å². The molecule has 1 saturated heterocycles. The van der Waals surface area contributed by atoms with Gasteiger partial charge in [0.05, 0.1) is 42.7 Å². The van der Waals surface area contributed by atoms with Gasteiger partial charge in [0.1, 0.15) is 6.04 Å². The second kappa shape index (κ2) is 11.0. The molecule has 1 atom stereocenters. The van der Waals surface area contributed by atoms with E-state index < -0.39 is 17.9 Å². The Balaban J connectivity index is 1.54. The SMILES string of the molecule is [B]OC(=O)[C@@H](C)N(C)c1ccc(-c2cnc(N)c(C(=O)Nc3cnccc3N3CCOCC3)n2)cc1. The Morgan fingerprint density at radius 3 is 2.61 bits per heavy atom. The number of ether oxygens (including phenoxy) is 1. The van der Waals surface area contributed by atoms with E-state index in [1.165, 1.54) is 6.20 Å². The summed E-state index contributed by atoms with van der Waals surface area (Å²) in [6.07, 6.45) is 4.77. The van der Waals surface area contributed by atoms with E-state index in [0.29, 0.717) is 37.7 Å². The topological polar surface area (TPSA) is 136 Å². The van der Waals surface area contributed by atoms with Crippen molar-refractivity contribution in [1.29, 1.82) is 0 Å². The van der Waals surface area contributed by atoms with E-state index in [2.05, 4.69) is 29.8 Å². The van der Waals surface area contributed by atoms with Crippen molar-refractivity contribution in [3.8, 4) is 11.3 Å². The van der Waals surface area contributed by atoms with Crippen molar-refractivity contribution in [2.75, 3.05) is 54.2 Å². The van der Waals surface area contributed by atoms with Crippen LogP contribution in [-0.2, 0) is 14.2 Å².